The molecule has 1 aliphatic carbocycles. The lowest BCUT2D eigenvalue weighted by Crippen LogP contribution is -2.53. The molecular formula is C25H27FN4O3S. The molecule has 1 aliphatic heterocycles. The minimum absolute atomic E-state index is 0.102. The molecule has 0 saturated carbocycles. The molecule has 4 rings (SSSR count). The van der Waals surface area contributed by atoms with E-state index in [1.807, 2.05) is 26.8 Å². The van der Waals surface area contributed by atoms with Crippen LogP contribution in [0.1, 0.15) is 43.3 Å². The maximum Gasteiger partial charge on any atom is 0.410 e. The number of hydrogen-bond acceptors (Lipinski definition) is 7. The van der Waals surface area contributed by atoms with Crippen LogP contribution in [0.2, 0.25) is 0 Å². The number of nitrogens with zero attached hydrogens (tertiary/aromatic N) is 3. The average Bonchev–Trinajstić information content (AvgIpc) is 3.33. The van der Waals surface area contributed by atoms with E-state index in [2.05, 4.69) is 9.98 Å². The van der Waals surface area contributed by atoms with Gasteiger partial charge in [0, 0.05) is 19.3 Å². The molecule has 2 N–H and O–H groups in total. The third kappa shape index (κ3) is 4.79. The van der Waals surface area contributed by atoms with Crippen LogP contribution in [0.3, 0.4) is 0 Å². The molecule has 7 nitrogen and oxygen atoms in total. The Morgan fingerprint density at radius 3 is 2.65 bits per heavy atom. The van der Waals surface area contributed by atoms with Gasteiger partial charge in [-0.2, -0.15) is 0 Å². The summed E-state index contributed by atoms with van der Waals surface area (Å²) < 4.78 is 18.9. The molecule has 1 saturated heterocycles. The Hall–Kier alpha value is -3.33. The van der Waals surface area contributed by atoms with Crippen LogP contribution in [-0.4, -0.2) is 46.2 Å². The third-order valence-corrected chi connectivity index (χ3v) is 6.65. The third-order valence-electron chi connectivity index (χ3n) is 5.88. The Kier molecular flexibility index (Phi) is 6.40. The molecule has 1 aromatic heterocycles. The number of fused-ring (bicyclic) bond motifs is 1. The van der Waals surface area contributed by atoms with Crippen molar-refractivity contribution in [2.75, 3.05) is 13.1 Å². The predicted molar refractivity (Wildman–Crippen MR) is 130 cm³/mol. The number of aliphatic imine (C=N–C) groups is 1. The van der Waals surface area contributed by atoms with Crippen molar-refractivity contribution in [2.45, 2.75) is 39.2 Å². The Morgan fingerprint density at radius 1 is 1.29 bits per heavy atom. The van der Waals surface area contributed by atoms with E-state index in [1.54, 1.807) is 28.7 Å². The summed E-state index contributed by atoms with van der Waals surface area (Å²) in [7, 11) is 0. The Balaban J connectivity index is 1.76. The topological polar surface area (TPSA) is 97.9 Å². The average molecular weight is 483 g/mol. The first-order valence-electron chi connectivity index (χ1n) is 11.0. The van der Waals surface area contributed by atoms with Gasteiger partial charge in [0.05, 0.1) is 27.2 Å². The number of thiazole rings is 1. The molecule has 1 atom stereocenters. The van der Waals surface area contributed by atoms with Crippen LogP contribution in [0, 0.1) is 11.2 Å². The van der Waals surface area contributed by atoms with Crippen LogP contribution < -0.4 is 5.73 Å². The molecule has 34 heavy (non-hydrogen) atoms. The van der Waals surface area contributed by atoms with Crippen molar-refractivity contribution in [1.29, 1.82) is 0 Å². The van der Waals surface area contributed by atoms with Crippen molar-refractivity contribution in [3.8, 4) is 0 Å². The van der Waals surface area contributed by atoms with Gasteiger partial charge in [-0.05, 0) is 75.7 Å². The van der Waals surface area contributed by atoms with Gasteiger partial charge in [-0.25, -0.2) is 14.2 Å². The van der Waals surface area contributed by atoms with Crippen LogP contribution in [-0.2, 0) is 4.74 Å². The zero-order valence-electron chi connectivity index (χ0n) is 19.4. The first-order valence-corrected chi connectivity index (χ1v) is 11.9. The summed E-state index contributed by atoms with van der Waals surface area (Å²) in [5, 5.41) is 0. The number of nitrogens with two attached hydrogens (primary N) is 1. The maximum absolute atomic E-state index is 13.8. The molecule has 0 bridgehead atoms. The number of benzene rings is 1. The number of rotatable bonds is 3. The van der Waals surface area contributed by atoms with Crippen LogP contribution in [0.25, 0.3) is 0 Å². The number of piperidine rings is 1. The SMILES string of the molecule is CC(C)(C)OC(=O)N1CCC2=CC(=Nc3ccc(F)cc3)/C(=C\N)C[C@]2(C(=O)c2cncs2)C1. The van der Waals surface area contributed by atoms with E-state index in [9.17, 15) is 14.0 Å². The van der Waals surface area contributed by atoms with Crippen LogP contribution >= 0.6 is 11.3 Å². The lowest BCUT2D eigenvalue weighted by Gasteiger charge is -2.46. The summed E-state index contributed by atoms with van der Waals surface area (Å²) in [6.07, 6.45) is 5.21. The van der Waals surface area contributed by atoms with Crippen LogP contribution in [0.15, 0.2) is 64.4 Å². The van der Waals surface area contributed by atoms with E-state index < -0.39 is 17.1 Å². The van der Waals surface area contributed by atoms with E-state index >= 15 is 0 Å². The lowest BCUT2D eigenvalue weighted by atomic mass is 9.64. The minimum atomic E-state index is -0.991. The number of carbonyl (C=O) groups excluding carboxylic acids is 2. The molecule has 1 fully saturated rings. The second-order valence-corrected chi connectivity index (χ2v) is 10.3. The second kappa shape index (κ2) is 9.13. The zero-order chi connectivity index (χ0) is 24.5. The van der Waals surface area contributed by atoms with E-state index in [0.717, 1.165) is 5.57 Å². The molecule has 9 heteroatoms. The Morgan fingerprint density at radius 2 is 2.03 bits per heavy atom. The van der Waals surface area contributed by atoms with Crippen molar-refractivity contribution in [2.24, 2.45) is 16.1 Å². The van der Waals surface area contributed by atoms with Gasteiger partial charge >= 0.3 is 6.09 Å². The number of aromatic nitrogens is 1. The van der Waals surface area contributed by atoms with Crippen LogP contribution in [0.4, 0.5) is 14.9 Å². The fraction of sp³-hybridized carbons (Fsp3) is 0.360. The van der Waals surface area contributed by atoms with E-state index in [-0.39, 0.29) is 24.6 Å². The minimum Gasteiger partial charge on any atom is -0.444 e. The predicted octanol–water partition coefficient (Wildman–Crippen LogP) is 5.04. The van der Waals surface area contributed by atoms with Gasteiger partial charge in [-0.15, -0.1) is 11.3 Å². The highest BCUT2D eigenvalue weighted by Gasteiger charge is 2.50. The summed E-state index contributed by atoms with van der Waals surface area (Å²) in [6, 6.07) is 5.87. The summed E-state index contributed by atoms with van der Waals surface area (Å²) in [6.45, 7) is 6.03. The Labute approximate surface area is 201 Å². The number of hydrogen-bond donors (Lipinski definition) is 1. The van der Waals surface area contributed by atoms with Gasteiger partial charge in [0.2, 0.25) is 0 Å². The van der Waals surface area contributed by atoms with E-state index in [1.165, 1.54) is 29.7 Å². The normalized spacial score (nSPS) is 22.9. The van der Waals surface area contributed by atoms with Crippen molar-refractivity contribution in [3.63, 3.8) is 0 Å². The summed E-state index contributed by atoms with van der Waals surface area (Å²) in [5.74, 6) is -0.445. The largest absolute Gasteiger partial charge is 0.444 e. The van der Waals surface area contributed by atoms with Crippen molar-refractivity contribution in [1.82, 2.24) is 9.88 Å². The fourth-order valence-electron chi connectivity index (χ4n) is 4.30. The lowest BCUT2D eigenvalue weighted by molar-refractivity contribution is 0.0139. The van der Waals surface area contributed by atoms with Gasteiger partial charge in [0.15, 0.2) is 5.78 Å². The van der Waals surface area contributed by atoms with Gasteiger partial charge in [0.25, 0.3) is 0 Å². The van der Waals surface area contributed by atoms with E-state index in [0.29, 0.717) is 34.8 Å². The number of carbonyl (C=O) groups is 2. The Bertz CT molecular complexity index is 1180. The number of allylic oxidation sites excluding steroid dienone is 2. The molecule has 178 valence electrons. The molecule has 0 unspecified atom stereocenters. The van der Waals surface area contributed by atoms with Gasteiger partial charge in [-0.3, -0.25) is 9.78 Å². The first-order chi connectivity index (χ1) is 16.1. The number of likely N-dealkylation sites (tertiary alicyclic amines) is 1. The molecule has 1 aromatic carbocycles. The second-order valence-electron chi connectivity index (χ2n) is 9.44. The van der Waals surface area contributed by atoms with Crippen LogP contribution in [0.5, 0.6) is 0 Å². The van der Waals surface area contributed by atoms with Crippen molar-refractivity contribution in [3.05, 3.63) is 70.1 Å². The standard InChI is InChI=1S/C25H27FN4O3S/c1-24(2,3)33-23(32)30-9-8-17-10-20(29-19-6-4-18(26)5-7-19)16(12-27)11-25(17,14-30)22(31)21-13-28-15-34-21/h4-7,10,12-13,15H,8-9,11,14,27H2,1-3H3/b16-12-,29-20?/t25-/m0/s1. The van der Waals surface area contributed by atoms with Gasteiger partial charge in [-0.1, -0.05) is 5.57 Å². The number of ketones is 1. The molecule has 0 radical (unpaired) electrons. The molecule has 2 heterocycles. The smallest absolute Gasteiger partial charge is 0.410 e. The van der Waals surface area contributed by atoms with Gasteiger partial charge in [0.1, 0.15) is 11.4 Å². The summed E-state index contributed by atoms with van der Waals surface area (Å²) in [4.78, 5) is 37.6. The van der Waals surface area contributed by atoms with Gasteiger partial charge < -0.3 is 15.4 Å². The molecule has 2 aromatic rings. The quantitative estimate of drug-likeness (QED) is 0.618. The zero-order valence-corrected chi connectivity index (χ0v) is 20.2. The number of ether oxygens (including phenoxy) is 1. The van der Waals surface area contributed by atoms with Crippen molar-refractivity contribution < 1.29 is 18.7 Å². The maximum atomic E-state index is 13.8. The fourth-order valence-corrected chi connectivity index (χ4v) is 4.96. The van der Waals surface area contributed by atoms with Crippen molar-refractivity contribution >= 4 is 34.6 Å². The number of halogens is 1. The highest BCUT2D eigenvalue weighted by molar-refractivity contribution is 7.11. The van der Waals surface area contributed by atoms with E-state index in [4.69, 9.17) is 10.5 Å². The monoisotopic (exact) mass is 482 g/mol. The molecule has 1 amide bonds. The highest BCUT2D eigenvalue weighted by Crippen LogP contribution is 2.47. The summed E-state index contributed by atoms with van der Waals surface area (Å²) in [5.41, 5.74) is 8.74. The summed E-state index contributed by atoms with van der Waals surface area (Å²) >= 11 is 1.27. The number of amides is 1. The molecular weight excluding hydrogens is 455 g/mol. The first kappa shape index (κ1) is 23.8. The molecule has 0 spiro atoms. The number of Topliss-reactive ketones (excluding diaryl/α,β-unsaturated/α-hetero) is 1. The molecule has 2 aliphatic rings. The highest BCUT2D eigenvalue weighted by atomic mass is 32.1.